The van der Waals surface area contributed by atoms with Crippen molar-refractivity contribution in [3.8, 4) is 12.3 Å². The van der Waals surface area contributed by atoms with Gasteiger partial charge in [0.1, 0.15) is 0 Å². The Labute approximate surface area is 79.9 Å². The van der Waals surface area contributed by atoms with E-state index in [0.29, 0.717) is 12.3 Å². The molecule has 0 spiro atoms. The number of hydrogen-bond acceptors (Lipinski definition) is 2. The SMILES string of the molecule is C#CCC1(O)CCN2CCCC1C2. The second-order valence-corrected chi connectivity index (χ2v) is 4.37. The monoisotopic (exact) mass is 179 g/mol. The van der Waals surface area contributed by atoms with Gasteiger partial charge in [0.25, 0.3) is 0 Å². The zero-order valence-corrected chi connectivity index (χ0v) is 8.00. The molecule has 1 N–H and O–H groups in total. The molecule has 0 aromatic carbocycles. The van der Waals surface area contributed by atoms with Crippen molar-refractivity contribution in [3.63, 3.8) is 0 Å². The molecule has 13 heavy (non-hydrogen) atoms. The van der Waals surface area contributed by atoms with E-state index in [4.69, 9.17) is 6.42 Å². The topological polar surface area (TPSA) is 23.5 Å². The second-order valence-electron chi connectivity index (χ2n) is 4.37. The molecule has 0 amide bonds. The van der Waals surface area contributed by atoms with Gasteiger partial charge in [-0.2, -0.15) is 0 Å². The lowest BCUT2D eigenvalue weighted by Crippen LogP contribution is -2.54. The highest BCUT2D eigenvalue weighted by Gasteiger charge is 2.42. The molecule has 2 rings (SSSR count). The third-order valence-electron chi connectivity index (χ3n) is 3.53. The van der Waals surface area contributed by atoms with E-state index < -0.39 is 5.60 Å². The van der Waals surface area contributed by atoms with E-state index in [9.17, 15) is 5.11 Å². The van der Waals surface area contributed by atoms with Gasteiger partial charge in [-0.25, -0.2) is 0 Å². The average molecular weight is 179 g/mol. The van der Waals surface area contributed by atoms with Gasteiger partial charge in [0, 0.05) is 25.4 Å². The minimum atomic E-state index is -0.550. The lowest BCUT2D eigenvalue weighted by Gasteiger charge is -2.47. The summed E-state index contributed by atoms with van der Waals surface area (Å²) in [5, 5.41) is 10.3. The van der Waals surface area contributed by atoms with E-state index in [2.05, 4.69) is 10.8 Å². The molecule has 2 fully saturated rings. The number of aliphatic hydroxyl groups is 1. The van der Waals surface area contributed by atoms with Crippen LogP contribution >= 0.6 is 0 Å². The second kappa shape index (κ2) is 3.32. The van der Waals surface area contributed by atoms with E-state index in [1.807, 2.05) is 0 Å². The summed E-state index contributed by atoms with van der Waals surface area (Å²) in [7, 11) is 0. The first-order chi connectivity index (χ1) is 6.24. The quantitative estimate of drug-likeness (QED) is 0.603. The Morgan fingerprint density at radius 1 is 1.54 bits per heavy atom. The molecule has 2 aliphatic rings. The number of fused-ring (bicyclic) bond motifs is 2. The molecular weight excluding hydrogens is 162 g/mol. The van der Waals surface area contributed by atoms with Gasteiger partial charge in [-0.15, -0.1) is 12.3 Å². The summed E-state index contributed by atoms with van der Waals surface area (Å²) in [6.45, 7) is 3.29. The number of terminal acetylenes is 1. The summed E-state index contributed by atoms with van der Waals surface area (Å²) < 4.78 is 0. The average Bonchev–Trinajstić information content (AvgIpc) is 2.14. The molecular formula is C11H17NO. The van der Waals surface area contributed by atoms with Crippen LogP contribution < -0.4 is 0 Å². The van der Waals surface area contributed by atoms with E-state index in [1.54, 1.807) is 0 Å². The smallest absolute Gasteiger partial charge is 0.0808 e. The largest absolute Gasteiger partial charge is 0.389 e. The maximum absolute atomic E-state index is 10.3. The predicted octanol–water partition coefficient (Wildman–Crippen LogP) is 0.857. The van der Waals surface area contributed by atoms with Gasteiger partial charge in [-0.05, 0) is 25.8 Å². The van der Waals surface area contributed by atoms with Crippen LogP contribution in [0.1, 0.15) is 25.7 Å². The van der Waals surface area contributed by atoms with Crippen LogP contribution in [0.15, 0.2) is 0 Å². The minimum Gasteiger partial charge on any atom is -0.389 e. The first-order valence-electron chi connectivity index (χ1n) is 5.13. The van der Waals surface area contributed by atoms with Crippen molar-refractivity contribution in [1.82, 2.24) is 4.90 Å². The Bertz CT molecular complexity index is 233. The van der Waals surface area contributed by atoms with Crippen LogP contribution in [0.4, 0.5) is 0 Å². The Hall–Kier alpha value is -0.520. The van der Waals surface area contributed by atoms with Crippen molar-refractivity contribution in [2.45, 2.75) is 31.3 Å². The molecule has 2 bridgehead atoms. The summed E-state index contributed by atoms with van der Waals surface area (Å²) in [5.74, 6) is 3.03. The summed E-state index contributed by atoms with van der Waals surface area (Å²) in [6.07, 6.45) is 9.05. The summed E-state index contributed by atoms with van der Waals surface area (Å²) in [4.78, 5) is 2.44. The first kappa shape index (κ1) is 9.05. The summed E-state index contributed by atoms with van der Waals surface area (Å²) in [6, 6.07) is 0. The van der Waals surface area contributed by atoms with Gasteiger partial charge in [0.15, 0.2) is 0 Å². The Kier molecular flexibility index (Phi) is 2.31. The van der Waals surface area contributed by atoms with Crippen LogP contribution in [-0.4, -0.2) is 35.2 Å². The molecule has 2 heteroatoms. The third kappa shape index (κ3) is 1.59. The number of piperidine rings is 2. The maximum atomic E-state index is 10.3. The minimum absolute atomic E-state index is 0.422. The van der Waals surface area contributed by atoms with Gasteiger partial charge in [0.2, 0.25) is 0 Å². The van der Waals surface area contributed by atoms with E-state index >= 15 is 0 Å². The molecule has 0 saturated carbocycles. The van der Waals surface area contributed by atoms with Crippen molar-refractivity contribution >= 4 is 0 Å². The Morgan fingerprint density at radius 3 is 3.15 bits per heavy atom. The molecule has 3 unspecified atom stereocenters. The highest BCUT2D eigenvalue weighted by atomic mass is 16.3. The molecule has 2 heterocycles. The number of hydrogen-bond donors (Lipinski definition) is 1. The molecule has 72 valence electrons. The number of rotatable bonds is 1. The van der Waals surface area contributed by atoms with Crippen molar-refractivity contribution in [3.05, 3.63) is 0 Å². The fourth-order valence-corrected chi connectivity index (χ4v) is 2.66. The van der Waals surface area contributed by atoms with Gasteiger partial charge in [-0.3, -0.25) is 0 Å². The zero-order chi connectivity index (χ0) is 9.31. The zero-order valence-electron chi connectivity index (χ0n) is 8.00. The van der Waals surface area contributed by atoms with Crippen molar-refractivity contribution < 1.29 is 5.11 Å². The van der Waals surface area contributed by atoms with Crippen LogP contribution in [0, 0.1) is 18.3 Å². The molecule has 2 aliphatic heterocycles. The van der Waals surface area contributed by atoms with Gasteiger partial charge >= 0.3 is 0 Å². The molecule has 0 aliphatic carbocycles. The normalized spacial score (nSPS) is 44.0. The van der Waals surface area contributed by atoms with Crippen LogP contribution in [0.5, 0.6) is 0 Å². The maximum Gasteiger partial charge on any atom is 0.0808 e. The predicted molar refractivity (Wildman–Crippen MR) is 52.2 cm³/mol. The summed E-state index contributed by atoms with van der Waals surface area (Å²) >= 11 is 0. The van der Waals surface area contributed by atoms with Crippen LogP contribution in [0.3, 0.4) is 0 Å². The van der Waals surface area contributed by atoms with Crippen LogP contribution in [0.2, 0.25) is 0 Å². The van der Waals surface area contributed by atoms with Crippen molar-refractivity contribution in [2.75, 3.05) is 19.6 Å². The highest BCUT2D eigenvalue weighted by molar-refractivity contribution is 5.03. The third-order valence-corrected chi connectivity index (χ3v) is 3.53. The van der Waals surface area contributed by atoms with Crippen LogP contribution in [0.25, 0.3) is 0 Å². The van der Waals surface area contributed by atoms with Gasteiger partial charge < -0.3 is 10.0 Å². The van der Waals surface area contributed by atoms with Crippen molar-refractivity contribution in [2.24, 2.45) is 5.92 Å². The lowest BCUT2D eigenvalue weighted by molar-refractivity contribution is -0.0861. The Morgan fingerprint density at radius 2 is 2.38 bits per heavy atom. The lowest BCUT2D eigenvalue weighted by atomic mass is 9.74. The fourth-order valence-electron chi connectivity index (χ4n) is 2.66. The summed E-state index contributed by atoms with van der Waals surface area (Å²) in [5.41, 5.74) is -0.550. The first-order valence-corrected chi connectivity index (χ1v) is 5.13. The fraction of sp³-hybridized carbons (Fsp3) is 0.818. The molecule has 0 aromatic heterocycles. The molecule has 2 nitrogen and oxygen atoms in total. The van der Waals surface area contributed by atoms with Crippen molar-refractivity contribution in [1.29, 1.82) is 0 Å². The van der Waals surface area contributed by atoms with Gasteiger partial charge in [0.05, 0.1) is 5.60 Å². The number of nitrogens with zero attached hydrogens (tertiary/aromatic N) is 1. The van der Waals surface area contributed by atoms with Gasteiger partial charge in [-0.1, -0.05) is 0 Å². The molecule has 3 atom stereocenters. The standard InChI is InChI=1S/C11H17NO/c1-2-5-11(13)6-8-12-7-3-4-10(11)9-12/h1,10,13H,3-9H2. The Balaban J connectivity index is 2.09. The van der Waals surface area contributed by atoms with E-state index in [-0.39, 0.29) is 0 Å². The van der Waals surface area contributed by atoms with E-state index in [0.717, 1.165) is 25.9 Å². The van der Waals surface area contributed by atoms with E-state index in [1.165, 1.54) is 13.0 Å². The highest BCUT2D eigenvalue weighted by Crippen LogP contribution is 2.36. The molecule has 0 aromatic rings. The van der Waals surface area contributed by atoms with Crippen LogP contribution in [-0.2, 0) is 0 Å². The molecule has 0 radical (unpaired) electrons. The molecule has 2 saturated heterocycles.